The number of nitrogens with one attached hydrogen (secondary N) is 1. The first-order chi connectivity index (χ1) is 9.01. The van der Waals surface area contributed by atoms with Gasteiger partial charge in [0.05, 0.1) is 5.56 Å². The molecule has 2 N–H and O–H groups in total. The second kappa shape index (κ2) is 7.19. The molecular weight excluding hydrogens is 262 g/mol. The van der Waals surface area contributed by atoms with Crippen LogP contribution < -0.4 is 5.32 Å². The molecule has 0 aliphatic rings. The fraction of sp³-hybridized carbons (Fsp3) is 0.429. The molecule has 0 spiro atoms. The fourth-order valence-electron chi connectivity index (χ4n) is 1.73. The van der Waals surface area contributed by atoms with E-state index < -0.39 is 12.0 Å². The highest BCUT2D eigenvalue weighted by atomic mass is 32.2. The second-order valence-corrected chi connectivity index (χ2v) is 5.22. The summed E-state index contributed by atoms with van der Waals surface area (Å²) in [6.45, 7) is 3.72. The van der Waals surface area contributed by atoms with Crippen molar-refractivity contribution in [2.75, 3.05) is 6.26 Å². The number of carboxylic acid groups (broad SMARTS) is 1. The summed E-state index contributed by atoms with van der Waals surface area (Å²) in [5.41, 5.74) is 0.518. The van der Waals surface area contributed by atoms with Crippen molar-refractivity contribution in [3.8, 4) is 0 Å². The number of amides is 1. The molecule has 4 nitrogen and oxygen atoms in total. The molecule has 2 atom stereocenters. The molecule has 1 rings (SSSR count). The molecule has 19 heavy (non-hydrogen) atoms. The molecule has 0 radical (unpaired) electrons. The van der Waals surface area contributed by atoms with Gasteiger partial charge in [-0.1, -0.05) is 32.4 Å². The molecule has 0 heterocycles. The summed E-state index contributed by atoms with van der Waals surface area (Å²) < 4.78 is 0. The third kappa shape index (κ3) is 3.99. The smallest absolute Gasteiger partial charge is 0.326 e. The number of carbonyl (C=O) groups is 2. The van der Waals surface area contributed by atoms with E-state index in [1.54, 1.807) is 12.1 Å². The Morgan fingerprint density at radius 3 is 2.53 bits per heavy atom. The quantitative estimate of drug-likeness (QED) is 0.787. The Balaban J connectivity index is 2.91. The standard InChI is InChI=1S/C14H19NO3S/c1-4-9(2)12(14(17)18)15-13(16)10-7-5-6-8-11(10)19-3/h5-9,12H,4H2,1-3H3,(H,15,16)(H,17,18)/t9-,12-/m0/s1. The van der Waals surface area contributed by atoms with Crippen LogP contribution in [0.15, 0.2) is 29.2 Å². The van der Waals surface area contributed by atoms with Crippen LogP contribution in [0.25, 0.3) is 0 Å². The van der Waals surface area contributed by atoms with E-state index in [9.17, 15) is 14.7 Å². The minimum atomic E-state index is -0.996. The molecule has 0 aliphatic heterocycles. The summed E-state index contributed by atoms with van der Waals surface area (Å²) >= 11 is 1.47. The van der Waals surface area contributed by atoms with Crippen LogP contribution in [0.5, 0.6) is 0 Å². The van der Waals surface area contributed by atoms with E-state index in [0.717, 1.165) is 4.90 Å². The highest BCUT2D eigenvalue weighted by Crippen LogP contribution is 2.20. The Morgan fingerprint density at radius 1 is 1.37 bits per heavy atom. The third-order valence-electron chi connectivity index (χ3n) is 3.12. The maximum absolute atomic E-state index is 12.2. The second-order valence-electron chi connectivity index (χ2n) is 4.38. The molecule has 0 bridgehead atoms. The van der Waals surface area contributed by atoms with Crippen molar-refractivity contribution in [2.24, 2.45) is 5.92 Å². The largest absolute Gasteiger partial charge is 0.480 e. The minimum Gasteiger partial charge on any atom is -0.480 e. The number of thioether (sulfide) groups is 1. The van der Waals surface area contributed by atoms with Gasteiger partial charge in [0, 0.05) is 4.90 Å². The van der Waals surface area contributed by atoms with Gasteiger partial charge < -0.3 is 10.4 Å². The number of hydrogen-bond donors (Lipinski definition) is 2. The van der Waals surface area contributed by atoms with Gasteiger partial charge in [0.2, 0.25) is 0 Å². The van der Waals surface area contributed by atoms with Crippen LogP contribution in [0.1, 0.15) is 30.6 Å². The Morgan fingerprint density at radius 2 is 2.00 bits per heavy atom. The molecule has 1 aromatic carbocycles. The predicted octanol–water partition coefficient (Wildman–Crippen LogP) is 2.64. The monoisotopic (exact) mass is 281 g/mol. The SMILES string of the molecule is CC[C@H](C)[C@H](NC(=O)c1ccccc1SC)C(=O)O. The summed E-state index contributed by atoms with van der Waals surface area (Å²) in [5.74, 6) is -1.44. The van der Waals surface area contributed by atoms with Crippen LogP contribution in [-0.2, 0) is 4.79 Å². The molecule has 104 valence electrons. The maximum Gasteiger partial charge on any atom is 0.326 e. The molecule has 0 aromatic heterocycles. The van der Waals surface area contributed by atoms with E-state index in [-0.39, 0.29) is 11.8 Å². The van der Waals surface area contributed by atoms with Gasteiger partial charge in [-0.05, 0) is 24.3 Å². The maximum atomic E-state index is 12.2. The Labute approximate surface area is 117 Å². The van der Waals surface area contributed by atoms with Crippen LogP contribution >= 0.6 is 11.8 Å². The number of carbonyl (C=O) groups excluding carboxylic acids is 1. The highest BCUT2D eigenvalue weighted by Gasteiger charge is 2.26. The molecule has 0 unspecified atom stereocenters. The van der Waals surface area contributed by atoms with E-state index in [1.807, 2.05) is 32.2 Å². The van der Waals surface area contributed by atoms with Crippen molar-refractivity contribution in [2.45, 2.75) is 31.2 Å². The lowest BCUT2D eigenvalue weighted by Gasteiger charge is -2.20. The van der Waals surface area contributed by atoms with Crippen LogP contribution in [0.2, 0.25) is 0 Å². The van der Waals surface area contributed by atoms with Crippen molar-refractivity contribution in [1.82, 2.24) is 5.32 Å². The average Bonchev–Trinajstić information content (AvgIpc) is 2.43. The first-order valence-electron chi connectivity index (χ1n) is 6.17. The number of aliphatic carboxylic acids is 1. The van der Waals surface area contributed by atoms with Gasteiger partial charge in [0.15, 0.2) is 0 Å². The fourth-order valence-corrected chi connectivity index (χ4v) is 2.33. The normalized spacial score (nSPS) is 13.6. The van der Waals surface area contributed by atoms with Crippen molar-refractivity contribution in [3.63, 3.8) is 0 Å². The zero-order chi connectivity index (χ0) is 14.4. The third-order valence-corrected chi connectivity index (χ3v) is 3.91. The van der Waals surface area contributed by atoms with E-state index in [1.165, 1.54) is 11.8 Å². The Hall–Kier alpha value is -1.49. The summed E-state index contributed by atoms with van der Waals surface area (Å²) in [6, 6.07) is 6.32. The molecule has 0 saturated heterocycles. The molecule has 0 fully saturated rings. The lowest BCUT2D eigenvalue weighted by molar-refractivity contribution is -0.140. The topological polar surface area (TPSA) is 66.4 Å². The first kappa shape index (κ1) is 15.6. The molecule has 1 amide bonds. The van der Waals surface area contributed by atoms with Gasteiger partial charge in [-0.15, -0.1) is 11.8 Å². The van der Waals surface area contributed by atoms with Crippen LogP contribution in [-0.4, -0.2) is 29.3 Å². The van der Waals surface area contributed by atoms with Gasteiger partial charge in [-0.2, -0.15) is 0 Å². The molecule has 0 aliphatic carbocycles. The van der Waals surface area contributed by atoms with Gasteiger partial charge in [-0.3, -0.25) is 4.79 Å². The van der Waals surface area contributed by atoms with E-state index in [2.05, 4.69) is 5.32 Å². The molecule has 0 saturated carbocycles. The van der Waals surface area contributed by atoms with Crippen LogP contribution in [0, 0.1) is 5.92 Å². The summed E-state index contributed by atoms with van der Waals surface area (Å²) in [6.07, 6.45) is 2.58. The zero-order valence-corrected chi connectivity index (χ0v) is 12.2. The highest BCUT2D eigenvalue weighted by molar-refractivity contribution is 7.98. The lowest BCUT2D eigenvalue weighted by atomic mass is 9.99. The van der Waals surface area contributed by atoms with Gasteiger partial charge in [0.1, 0.15) is 6.04 Å². The summed E-state index contributed by atoms with van der Waals surface area (Å²) in [5, 5.41) is 11.8. The Bertz CT molecular complexity index is 462. The minimum absolute atomic E-state index is 0.108. The molecular formula is C14H19NO3S. The predicted molar refractivity (Wildman–Crippen MR) is 76.6 cm³/mol. The molecule has 1 aromatic rings. The number of carboxylic acids is 1. The van der Waals surface area contributed by atoms with E-state index >= 15 is 0 Å². The van der Waals surface area contributed by atoms with Crippen molar-refractivity contribution in [1.29, 1.82) is 0 Å². The number of rotatable bonds is 6. The summed E-state index contributed by atoms with van der Waals surface area (Å²) in [7, 11) is 0. The number of benzene rings is 1. The van der Waals surface area contributed by atoms with Crippen molar-refractivity contribution in [3.05, 3.63) is 29.8 Å². The Kier molecular flexibility index (Phi) is 5.89. The van der Waals surface area contributed by atoms with Gasteiger partial charge in [0.25, 0.3) is 5.91 Å². The lowest BCUT2D eigenvalue weighted by Crippen LogP contribution is -2.45. The zero-order valence-electron chi connectivity index (χ0n) is 11.3. The van der Waals surface area contributed by atoms with Crippen molar-refractivity contribution < 1.29 is 14.7 Å². The van der Waals surface area contributed by atoms with Crippen LogP contribution in [0.3, 0.4) is 0 Å². The summed E-state index contributed by atoms with van der Waals surface area (Å²) in [4.78, 5) is 24.2. The van der Waals surface area contributed by atoms with E-state index in [4.69, 9.17) is 0 Å². The van der Waals surface area contributed by atoms with Crippen molar-refractivity contribution >= 4 is 23.6 Å². The van der Waals surface area contributed by atoms with Crippen LogP contribution in [0.4, 0.5) is 0 Å². The molecule has 5 heteroatoms. The van der Waals surface area contributed by atoms with Gasteiger partial charge in [-0.25, -0.2) is 4.79 Å². The average molecular weight is 281 g/mol. The van der Waals surface area contributed by atoms with Gasteiger partial charge >= 0.3 is 5.97 Å². The van der Waals surface area contributed by atoms with E-state index in [0.29, 0.717) is 12.0 Å². The number of hydrogen-bond acceptors (Lipinski definition) is 3. The first-order valence-corrected chi connectivity index (χ1v) is 7.40.